The van der Waals surface area contributed by atoms with Crippen LogP contribution in [0.2, 0.25) is 0 Å². The number of ether oxygens (including phenoxy) is 1. The van der Waals surface area contributed by atoms with Gasteiger partial charge in [0.2, 0.25) is 0 Å². The average molecular weight is 295 g/mol. The quantitative estimate of drug-likeness (QED) is 0.920. The first kappa shape index (κ1) is 14.6. The van der Waals surface area contributed by atoms with Crippen LogP contribution in [-0.2, 0) is 4.79 Å². The smallest absolute Gasteiger partial charge is 0.140 e. The second-order valence-electron chi connectivity index (χ2n) is 5.73. The van der Waals surface area contributed by atoms with Gasteiger partial charge in [-0.1, -0.05) is 24.6 Å². The Morgan fingerprint density at radius 3 is 2.95 bits per heavy atom. The van der Waals surface area contributed by atoms with Crippen LogP contribution >= 0.6 is 0 Å². The molecule has 1 fully saturated rings. The highest BCUT2D eigenvalue weighted by Gasteiger charge is 2.25. The van der Waals surface area contributed by atoms with E-state index in [-0.39, 0.29) is 5.92 Å². The molecule has 1 unspecified atom stereocenters. The number of dihydropyridines is 1. The minimum absolute atomic E-state index is 0.0631. The van der Waals surface area contributed by atoms with Gasteiger partial charge in [-0.15, -0.1) is 0 Å². The highest BCUT2D eigenvalue weighted by atomic mass is 16.5. The highest BCUT2D eigenvalue weighted by molar-refractivity contribution is 5.85. The molecule has 0 radical (unpaired) electrons. The fraction of sp³-hybridized carbons (Fsp3) is 0.316. The van der Waals surface area contributed by atoms with Crippen LogP contribution in [0.1, 0.15) is 31.2 Å². The predicted molar refractivity (Wildman–Crippen MR) is 88.3 cm³/mol. The van der Waals surface area contributed by atoms with E-state index >= 15 is 0 Å². The first-order valence-electron chi connectivity index (χ1n) is 7.80. The number of methoxy groups -OCH3 is 1. The van der Waals surface area contributed by atoms with Gasteiger partial charge in [0.05, 0.1) is 7.11 Å². The van der Waals surface area contributed by atoms with E-state index in [1.807, 2.05) is 36.5 Å². The standard InChI is InChI=1S/C19H21NO2/c1-22-19-9-5-2-6-15(19)13-16-12-14(10-11-20-16)17-7-3-4-8-18(17)21/h2,5-6,9-13,17,20H,3-4,7-8H2,1H3. The van der Waals surface area contributed by atoms with Gasteiger partial charge in [-0.05, 0) is 42.7 Å². The lowest BCUT2D eigenvalue weighted by Gasteiger charge is -2.23. The van der Waals surface area contributed by atoms with E-state index in [1.165, 1.54) is 0 Å². The molecule has 1 atom stereocenters. The van der Waals surface area contributed by atoms with E-state index in [4.69, 9.17) is 4.74 Å². The maximum Gasteiger partial charge on any atom is 0.140 e. The van der Waals surface area contributed by atoms with Gasteiger partial charge in [-0.3, -0.25) is 4.79 Å². The zero-order chi connectivity index (χ0) is 15.4. The van der Waals surface area contributed by atoms with Crippen molar-refractivity contribution in [3.8, 4) is 5.75 Å². The summed E-state index contributed by atoms with van der Waals surface area (Å²) >= 11 is 0. The largest absolute Gasteiger partial charge is 0.496 e. The van der Waals surface area contributed by atoms with Crippen LogP contribution in [0.3, 0.4) is 0 Å². The lowest BCUT2D eigenvalue weighted by Crippen LogP contribution is -2.22. The Morgan fingerprint density at radius 1 is 1.27 bits per heavy atom. The predicted octanol–water partition coefficient (Wildman–Crippen LogP) is 3.84. The van der Waals surface area contributed by atoms with E-state index in [0.717, 1.165) is 48.3 Å². The number of benzene rings is 1. The number of hydrogen-bond donors (Lipinski definition) is 1. The van der Waals surface area contributed by atoms with Gasteiger partial charge < -0.3 is 10.1 Å². The fourth-order valence-corrected chi connectivity index (χ4v) is 3.09. The van der Waals surface area contributed by atoms with Crippen molar-refractivity contribution < 1.29 is 9.53 Å². The van der Waals surface area contributed by atoms with Crippen LogP contribution in [0.25, 0.3) is 6.08 Å². The first-order valence-corrected chi connectivity index (χ1v) is 7.80. The van der Waals surface area contributed by atoms with Crippen molar-refractivity contribution in [3.63, 3.8) is 0 Å². The summed E-state index contributed by atoms with van der Waals surface area (Å²) in [5, 5.41) is 3.24. The van der Waals surface area contributed by atoms with Crippen molar-refractivity contribution in [2.24, 2.45) is 5.92 Å². The van der Waals surface area contributed by atoms with Crippen LogP contribution < -0.4 is 10.1 Å². The lowest BCUT2D eigenvalue weighted by molar-refractivity contribution is -0.123. The van der Waals surface area contributed by atoms with Gasteiger partial charge in [-0.2, -0.15) is 0 Å². The van der Waals surface area contributed by atoms with Crippen molar-refractivity contribution in [2.45, 2.75) is 25.7 Å². The molecule has 0 saturated heterocycles. The molecule has 1 N–H and O–H groups in total. The van der Waals surface area contributed by atoms with Gasteiger partial charge in [0.1, 0.15) is 11.5 Å². The zero-order valence-electron chi connectivity index (χ0n) is 12.8. The monoisotopic (exact) mass is 295 g/mol. The molecule has 0 bridgehead atoms. The Kier molecular flexibility index (Phi) is 4.42. The van der Waals surface area contributed by atoms with Gasteiger partial charge in [0.25, 0.3) is 0 Å². The van der Waals surface area contributed by atoms with E-state index < -0.39 is 0 Å². The van der Waals surface area contributed by atoms with Gasteiger partial charge in [0.15, 0.2) is 0 Å². The molecule has 1 saturated carbocycles. The third-order valence-corrected chi connectivity index (χ3v) is 4.25. The number of ketones is 1. The number of carbonyl (C=O) groups is 1. The minimum atomic E-state index is 0.0631. The van der Waals surface area contributed by atoms with E-state index in [1.54, 1.807) is 7.11 Å². The summed E-state index contributed by atoms with van der Waals surface area (Å²) in [4.78, 5) is 12.1. The fourth-order valence-electron chi connectivity index (χ4n) is 3.09. The Labute approximate surface area is 131 Å². The van der Waals surface area contributed by atoms with E-state index in [2.05, 4.69) is 17.5 Å². The molecule has 3 nitrogen and oxygen atoms in total. The van der Waals surface area contributed by atoms with E-state index in [9.17, 15) is 4.79 Å². The van der Waals surface area contributed by atoms with Crippen LogP contribution in [0.4, 0.5) is 0 Å². The SMILES string of the molecule is COc1ccccc1C=C1C=C(C2CCCCC2=O)C=CN1. The third-order valence-electron chi connectivity index (χ3n) is 4.25. The maximum absolute atomic E-state index is 12.1. The Bertz CT molecular complexity index is 655. The minimum Gasteiger partial charge on any atom is -0.496 e. The molecule has 3 heteroatoms. The third kappa shape index (κ3) is 3.14. The second-order valence-corrected chi connectivity index (χ2v) is 5.73. The number of hydrogen-bond acceptors (Lipinski definition) is 3. The molecule has 1 aromatic rings. The lowest BCUT2D eigenvalue weighted by atomic mass is 9.81. The number of para-hydroxylation sites is 1. The summed E-state index contributed by atoms with van der Waals surface area (Å²) in [5.74, 6) is 1.28. The molecule has 114 valence electrons. The summed E-state index contributed by atoms with van der Waals surface area (Å²) in [7, 11) is 1.67. The summed E-state index contributed by atoms with van der Waals surface area (Å²) in [6, 6.07) is 7.91. The van der Waals surface area contributed by atoms with Gasteiger partial charge in [-0.25, -0.2) is 0 Å². The van der Waals surface area contributed by atoms with Crippen molar-refractivity contribution in [3.05, 3.63) is 59.5 Å². The zero-order valence-corrected chi connectivity index (χ0v) is 12.8. The molecule has 1 aromatic carbocycles. The van der Waals surface area contributed by atoms with Crippen LogP contribution in [0, 0.1) is 5.92 Å². The Morgan fingerprint density at radius 2 is 2.14 bits per heavy atom. The molecule has 1 heterocycles. The summed E-state index contributed by atoms with van der Waals surface area (Å²) in [6.07, 6.45) is 11.9. The topological polar surface area (TPSA) is 38.3 Å². The number of rotatable bonds is 3. The normalized spacial score (nSPS) is 23.1. The number of allylic oxidation sites excluding steroid dienone is 3. The highest BCUT2D eigenvalue weighted by Crippen LogP contribution is 2.30. The molecule has 2 aliphatic rings. The number of nitrogens with one attached hydrogen (secondary N) is 1. The van der Waals surface area contributed by atoms with Gasteiger partial charge in [0, 0.05) is 29.8 Å². The molecule has 3 rings (SSSR count). The molecule has 1 aliphatic heterocycles. The van der Waals surface area contributed by atoms with E-state index in [0.29, 0.717) is 5.78 Å². The van der Waals surface area contributed by atoms with Crippen molar-refractivity contribution in [1.29, 1.82) is 0 Å². The summed E-state index contributed by atoms with van der Waals surface area (Å²) < 4.78 is 5.38. The Balaban J connectivity index is 1.87. The molecular weight excluding hydrogens is 274 g/mol. The number of Topliss-reactive ketones (excluding diaryl/α,β-unsaturated/α-hetero) is 1. The first-order chi connectivity index (χ1) is 10.8. The van der Waals surface area contributed by atoms with Crippen LogP contribution in [0.15, 0.2) is 53.9 Å². The summed E-state index contributed by atoms with van der Waals surface area (Å²) in [6.45, 7) is 0. The molecule has 0 spiro atoms. The molecular formula is C19H21NO2. The number of carbonyl (C=O) groups excluding carboxylic acids is 1. The van der Waals surface area contributed by atoms with Crippen LogP contribution in [0.5, 0.6) is 5.75 Å². The molecule has 0 amide bonds. The molecule has 1 aliphatic carbocycles. The Hall–Kier alpha value is -2.29. The van der Waals surface area contributed by atoms with Crippen molar-refractivity contribution >= 4 is 11.9 Å². The summed E-state index contributed by atoms with van der Waals surface area (Å²) in [5.41, 5.74) is 3.12. The maximum atomic E-state index is 12.1. The van der Waals surface area contributed by atoms with Crippen molar-refractivity contribution in [2.75, 3.05) is 7.11 Å². The van der Waals surface area contributed by atoms with Gasteiger partial charge >= 0.3 is 0 Å². The molecule has 0 aromatic heterocycles. The van der Waals surface area contributed by atoms with Crippen molar-refractivity contribution in [1.82, 2.24) is 5.32 Å². The second kappa shape index (κ2) is 6.65. The van der Waals surface area contributed by atoms with Crippen LogP contribution in [-0.4, -0.2) is 12.9 Å². The molecule has 22 heavy (non-hydrogen) atoms. The average Bonchev–Trinajstić information content (AvgIpc) is 2.56.